The van der Waals surface area contributed by atoms with Gasteiger partial charge in [0.05, 0.1) is 17.1 Å². The largest absolute Gasteiger partial charge is 0.364 e. The molecule has 1 aromatic heterocycles. The summed E-state index contributed by atoms with van der Waals surface area (Å²) in [4.78, 5) is 51.9. The minimum atomic E-state index is -0.814. The number of aromatic nitrogens is 2. The van der Waals surface area contributed by atoms with Crippen molar-refractivity contribution in [2.75, 3.05) is 17.2 Å². The number of benzene rings is 3. The fourth-order valence-electron chi connectivity index (χ4n) is 4.24. The third-order valence-electron chi connectivity index (χ3n) is 6.32. The van der Waals surface area contributed by atoms with Gasteiger partial charge < -0.3 is 26.6 Å². The van der Waals surface area contributed by atoms with Gasteiger partial charge in [0.2, 0.25) is 11.8 Å². The molecule has 5 amide bonds. The maximum absolute atomic E-state index is 14.2. The van der Waals surface area contributed by atoms with Crippen molar-refractivity contribution >= 4 is 57.6 Å². The van der Waals surface area contributed by atoms with Gasteiger partial charge in [0.25, 0.3) is 5.91 Å². The lowest BCUT2D eigenvalue weighted by Crippen LogP contribution is -2.45. The number of hydrogen-bond acceptors (Lipinski definition) is 5. The number of halogens is 2. The smallest absolute Gasteiger partial charge is 0.323 e. The average Bonchev–Trinajstić information content (AvgIpc) is 3.30. The van der Waals surface area contributed by atoms with Crippen molar-refractivity contribution < 1.29 is 23.6 Å². The van der Waals surface area contributed by atoms with E-state index in [-0.39, 0.29) is 42.0 Å². The van der Waals surface area contributed by atoms with Crippen molar-refractivity contribution in [2.45, 2.75) is 33.0 Å². The summed E-state index contributed by atoms with van der Waals surface area (Å²) in [6.45, 7) is 2.81. The van der Waals surface area contributed by atoms with Gasteiger partial charge in [-0.25, -0.2) is 9.18 Å². The maximum atomic E-state index is 14.2. The lowest BCUT2D eigenvalue weighted by molar-refractivity contribution is -0.138. The van der Waals surface area contributed by atoms with Gasteiger partial charge in [-0.1, -0.05) is 41.9 Å². The van der Waals surface area contributed by atoms with Crippen LogP contribution in [-0.4, -0.2) is 51.0 Å². The molecule has 0 aliphatic heterocycles. The second kappa shape index (κ2) is 13.1. The first kappa shape index (κ1) is 30.0. The van der Waals surface area contributed by atoms with Crippen LogP contribution < -0.4 is 21.7 Å². The Hall–Kier alpha value is -4.97. The molecule has 0 saturated carbocycles. The number of fused-ring (bicyclic) bond motifs is 1. The maximum Gasteiger partial charge on any atom is 0.323 e. The Kier molecular flexibility index (Phi) is 9.38. The SMILES string of the molecule is CC(C)N(CC(=O)NCc1cccc(Cl)c1F)C(=O)Cn1nc(C(N)=O)c2cc(NC(=O)Nc3ccccc3)ccc21. The molecule has 0 unspecified atom stereocenters. The summed E-state index contributed by atoms with van der Waals surface area (Å²) in [7, 11) is 0. The minimum Gasteiger partial charge on any atom is -0.364 e. The second-order valence-corrected chi connectivity index (χ2v) is 10.1. The van der Waals surface area contributed by atoms with Crippen molar-refractivity contribution in [2.24, 2.45) is 5.73 Å². The average molecular weight is 594 g/mol. The Morgan fingerprint density at radius 3 is 2.40 bits per heavy atom. The third-order valence-corrected chi connectivity index (χ3v) is 6.62. The predicted octanol–water partition coefficient (Wildman–Crippen LogP) is 4.13. The van der Waals surface area contributed by atoms with Gasteiger partial charge in [0.1, 0.15) is 12.4 Å². The van der Waals surface area contributed by atoms with Crippen LogP contribution in [0.15, 0.2) is 66.7 Å². The first-order chi connectivity index (χ1) is 20.0. The summed E-state index contributed by atoms with van der Waals surface area (Å²) in [5, 5.41) is 12.5. The van der Waals surface area contributed by atoms with Crippen LogP contribution in [0.4, 0.5) is 20.6 Å². The summed E-state index contributed by atoms with van der Waals surface area (Å²) in [6.07, 6.45) is 0. The molecule has 0 spiro atoms. The van der Waals surface area contributed by atoms with Crippen molar-refractivity contribution in [1.82, 2.24) is 20.0 Å². The lowest BCUT2D eigenvalue weighted by atomic mass is 10.2. The summed E-state index contributed by atoms with van der Waals surface area (Å²) in [6, 6.07) is 17.2. The van der Waals surface area contributed by atoms with Crippen LogP contribution in [0.3, 0.4) is 0 Å². The molecular formula is C29H29ClFN7O4. The number of para-hydroxylation sites is 1. The van der Waals surface area contributed by atoms with E-state index in [4.69, 9.17) is 17.3 Å². The zero-order valence-electron chi connectivity index (χ0n) is 22.9. The Bertz CT molecular complexity index is 1640. The molecule has 4 rings (SSSR count). The van der Waals surface area contributed by atoms with E-state index in [0.717, 1.165) is 0 Å². The Balaban J connectivity index is 1.47. The summed E-state index contributed by atoms with van der Waals surface area (Å²) < 4.78 is 15.5. The summed E-state index contributed by atoms with van der Waals surface area (Å²) in [5.74, 6) is -2.38. The number of nitrogens with zero attached hydrogens (tertiary/aromatic N) is 3. The van der Waals surface area contributed by atoms with Gasteiger partial charge in [-0.3, -0.25) is 19.1 Å². The molecule has 218 valence electrons. The van der Waals surface area contributed by atoms with Crippen LogP contribution >= 0.6 is 11.6 Å². The highest BCUT2D eigenvalue weighted by Crippen LogP contribution is 2.24. The van der Waals surface area contributed by atoms with Crippen LogP contribution in [0.1, 0.15) is 29.9 Å². The van der Waals surface area contributed by atoms with Gasteiger partial charge >= 0.3 is 6.03 Å². The highest BCUT2D eigenvalue weighted by Gasteiger charge is 2.24. The van der Waals surface area contributed by atoms with Crippen molar-refractivity contribution in [3.63, 3.8) is 0 Å². The highest BCUT2D eigenvalue weighted by molar-refractivity contribution is 6.30. The molecular weight excluding hydrogens is 565 g/mol. The lowest BCUT2D eigenvalue weighted by Gasteiger charge is -2.26. The van der Waals surface area contributed by atoms with Gasteiger partial charge in [-0.05, 0) is 50.2 Å². The van der Waals surface area contributed by atoms with Crippen LogP contribution in [0, 0.1) is 5.82 Å². The number of nitrogens with one attached hydrogen (secondary N) is 3. The van der Waals surface area contributed by atoms with E-state index in [2.05, 4.69) is 21.0 Å². The Morgan fingerprint density at radius 2 is 1.71 bits per heavy atom. The fraction of sp³-hybridized carbons (Fsp3) is 0.207. The van der Waals surface area contributed by atoms with Crippen molar-refractivity contribution in [3.05, 3.63) is 88.8 Å². The topological polar surface area (TPSA) is 151 Å². The molecule has 13 heteroatoms. The zero-order valence-corrected chi connectivity index (χ0v) is 23.6. The molecule has 0 saturated heterocycles. The minimum absolute atomic E-state index is 0.0548. The number of amides is 5. The molecule has 1 heterocycles. The van der Waals surface area contributed by atoms with E-state index >= 15 is 0 Å². The van der Waals surface area contributed by atoms with Crippen LogP contribution in [0.2, 0.25) is 5.02 Å². The molecule has 11 nitrogen and oxygen atoms in total. The van der Waals surface area contributed by atoms with Crippen molar-refractivity contribution in [1.29, 1.82) is 0 Å². The monoisotopic (exact) mass is 593 g/mol. The van der Waals surface area contributed by atoms with Crippen LogP contribution in [0.25, 0.3) is 10.9 Å². The summed E-state index contributed by atoms with van der Waals surface area (Å²) >= 11 is 5.80. The van der Waals surface area contributed by atoms with Gasteiger partial charge in [0.15, 0.2) is 5.69 Å². The highest BCUT2D eigenvalue weighted by atomic mass is 35.5. The molecule has 0 aliphatic rings. The standard InChI is InChI=1S/C29H29ClFN7O4/c1-17(2)37(15-24(39)33-14-18-7-6-10-22(30)26(18)31)25(40)16-38-23-12-11-20(13-21(23)27(36-38)28(32)41)35-29(42)34-19-8-4-3-5-9-19/h3-13,17H,14-16H2,1-2H3,(H2,32,41)(H,33,39)(H2,34,35,42). The molecule has 5 N–H and O–H groups in total. The molecule has 0 fully saturated rings. The number of rotatable bonds is 10. The number of nitrogens with two attached hydrogens (primary N) is 1. The first-order valence-electron chi connectivity index (χ1n) is 13.0. The van der Waals surface area contributed by atoms with Gasteiger partial charge in [-0.15, -0.1) is 0 Å². The quantitative estimate of drug-likeness (QED) is 0.218. The number of carbonyl (C=O) groups excluding carboxylic acids is 4. The molecule has 0 radical (unpaired) electrons. The van der Waals surface area contributed by atoms with Crippen LogP contribution in [-0.2, 0) is 22.7 Å². The Morgan fingerprint density at radius 1 is 1.00 bits per heavy atom. The number of urea groups is 1. The van der Waals surface area contributed by atoms with Gasteiger partial charge in [-0.2, -0.15) is 5.10 Å². The molecule has 0 bridgehead atoms. The molecule has 0 aliphatic carbocycles. The number of hydrogen-bond donors (Lipinski definition) is 4. The van der Waals surface area contributed by atoms with E-state index in [1.807, 2.05) is 6.07 Å². The predicted molar refractivity (Wildman–Crippen MR) is 157 cm³/mol. The summed E-state index contributed by atoms with van der Waals surface area (Å²) in [5.41, 5.74) is 7.09. The molecule has 3 aromatic carbocycles. The third kappa shape index (κ3) is 7.21. The second-order valence-electron chi connectivity index (χ2n) is 9.65. The number of anilines is 2. The number of carbonyl (C=O) groups is 4. The van der Waals surface area contributed by atoms with E-state index in [1.165, 1.54) is 27.8 Å². The zero-order chi connectivity index (χ0) is 30.4. The van der Waals surface area contributed by atoms with Crippen molar-refractivity contribution in [3.8, 4) is 0 Å². The van der Waals surface area contributed by atoms with E-state index < -0.39 is 29.6 Å². The van der Waals surface area contributed by atoms with E-state index in [0.29, 0.717) is 22.3 Å². The number of primary amides is 1. The molecule has 42 heavy (non-hydrogen) atoms. The van der Waals surface area contributed by atoms with E-state index in [9.17, 15) is 23.6 Å². The van der Waals surface area contributed by atoms with E-state index in [1.54, 1.807) is 56.3 Å². The molecule has 4 aromatic rings. The molecule has 0 atom stereocenters. The first-order valence-corrected chi connectivity index (χ1v) is 13.3. The van der Waals surface area contributed by atoms with Crippen LogP contribution in [0.5, 0.6) is 0 Å². The fourth-order valence-corrected chi connectivity index (χ4v) is 4.44. The normalized spacial score (nSPS) is 10.9. The Labute approximate surface area is 245 Å². The van der Waals surface area contributed by atoms with Gasteiger partial charge in [0, 0.05) is 34.9 Å².